The van der Waals surface area contributed by atoms with Crippen LogP contribution in [0.5, 0.6) is 11.5 Å². The predicted octanol–water partition coefficient (Wildman–Crippen LogP) is 3.18. The molecule has 0 heterocycles. The number of methoxy groups -OCH3 is 1. The zero-order valence-electron chi connectivity index (χ0n) is 15.4. The van der Waals surface area contributed by atoms with Crippen LogP contribution in [0.4, 0.5) is 5.69 Å². The fourth-order valence-electron chi connectivity index (χ4n) is 2.21. The molecule has 0 fully saturated rings. The van der Waals surface area contributed by atoms with Gasteiger partial charge in [-0.25, -0.2) is 4.99 Å². The van der Waals surface area contributed by atoms with Gasteiger partial charge in [-0.2, -0.15) is 0 Å². The maximum atomic E-state index is 6.00. The summed E-state index contributed by atoms with van der Waals surface area (Å²) < 4.78 is 11.1. The lowest BCUT2D eigenvalue weighted by Crippen LogP contribution is -2.23. The van der Waals surface area contributed by atoms with E-state index in [1.807, 2.05) is 62.6 Å². The van der Waals surface area contributed by atoms with Crippen LogP contribution in [0.25, 0.3) is 0 Å². The summed E-state index contributed by atoms with van der Waals surface area (Å²) in [6.07, 6.45) is 0. The van der Waals surface area contributed by atoms with Crippen LogP contribution in [0.1, 0.15) is 5.56 Å². The average Bonchev–Trinajstić information content (AvgIpc) is 2.61. The van der Waals surface area contributed by atoms with E-state index in [2.05, 4.69) is 15.2 Å². The molecule has 6 nitrogen and oxygen atoms in total. The second-order valence-electron chi connectivity index (χ2n) is 5.79. The Labute approximate surface area is 172 Å². The average molecular weight is 470 g/mol. The Balaban J connectivity index is 0.00000338. The van der Waals surface area contributed by atoms with Gasteiger partial charge in [-0.3, -0.25) is 0 Å². The highest BCUT2D eigenvalue weighted by Gasteiger charge is 2.05. The van der Waals surface area contributed by atoms with Crippen molar-refractivity contribution in [2.75, 3.05) is 39.7 Å². The minimum atomic E-state index is 0. The molecular formula is C19H27IN4O2. The van der Waals surface area contributed by atoms with Gasteiger partial charge in [0.1, 0.15) is 18.1 Å². The van der Waals surface area contributed by atoms with Crippen molar-refractivity contribution in [1.82, 2.24) is 4.90 Å². The van der Waals surface area contributed by atoms with Gasteiger partial charge < -0.3 is 25.4 Å². The van der Waals surface area contributed by atoms with E-state index in [4.69, 9.17) is 15.2 Å². The van der Waals surface area contributed by atoms with Gasteiger partial charge >= 0.3 is 0 Å². The van der Waals surface area contributed by atoms with Crippen molar-refractivity contribution in [1.29, 1.82) is 0 Å². The Morgan fingerprint density at radius 2 is 1.73 bits per heavy atom. The summed E-state index contributed by atoms with van der Waals surface area (Å²) in [5, 5.41) is 3.06. The van der Waals surface area contributed by atoms with E-state index >= 15 is 0 Å². The highest BCUT2D eigenvalue weighted by Crippen LogP contribution is 2.23. The van der Waals surface area contributed by atoms with Gasteiger partial charge in [0, 0.05) is 12.1 Å². The first kappa shape index (κ1) is 22.0. The van der Waals surface area contributed by atoms with Crippen molar-refractivity contribution in [3.63, 3.8) is 0 Å². The number of halogens is 1. The van der Waals surface area contributed by atoms with E-state index in [9.17, 15) is 0 Å². The molecule has 0 saturated heterocycles. The minimum Gasteiger partial charge on any atom is -0.495 e. The van der Waals surface area contributed by atoms with Crippen LogP contribution in [-0.4, -0.2) is 45.2 Å². The number of aliphatic imine (C=N–C) groups is 1. The fourth-order valence-corrected chi connectivity index (χ4v) is 2.21. The molecule has 2 aromatic rings. The quantitative estimate of drug-likeness (QED) is 0.352. The normalized spacial score (nSPS) is 11.0. The number of hydrogen-bond donors (Lipinski definition) is 2. The highest BCUT2D eigenvalue weighted by molar-refractivity contribution is 14.0. The molecule has 0 aliphatic heterocycles. The summed E-state index contributed by atoms with van der Waals surface area (Å²) >= 11 is 0. The molecule has 0 aromatic heterocycles. The van der Waals surface area contributed by atoms with E-state index in [1.54, 1.807) is 7.11 Å². The van der Waals surface area contributed by atoms with Crippen LogP contribution in [-0.2, 0) is 6.54 Å². The van der Waals surface area contributed by atoms with Gasteiger partial charge in [0.05, 0.1) is 19.3 Å². The van der Waals surface area contributed by atoms with Crippen molar-refractivity contribution in [3.8, 4) is 11.5 Å². The van der Waals surface area contributed by atoms with E-state index in [0.29, 0.717) is 24.9 Å². The van der Waals surface area contributed by atoms with Gasteiger partial charge in [-0.05, 0) is 32.3 Å². The van der Waals surface area contributed by atoms with E-state index in [-0.39, 0.29) is 24.0 Å². The summed E-state index contributed by atoms with van der Waals surface area (Å²) in [5.41, 5.74) is 7.77. The third-order valence-corrected chi connectivity index (χ3v) is 3.56. The van der Waals surface area contributed by atoms with Crippen LogP contribution in [0, 0.1) is 0 Å². The van der Waals surface area contributed by atoms with Crippen LogP contribution in [0.2, 0.25) is 0 Å². The van der Waals surface area contributed by atoms with Gasteiger partial charge in [0.25, 0.3) is 0 Å². The number of nitrogens with one attached hydrogen (secondary N) is 1. The number of guanidine groups is 1. The van der Waals surface area contributed by atoms with Crippen molar-refractivity contribution in [2.45, 2.75) is 6.54 Å². The summed E-state index contributed by atoms with van der Waals surface area (Å²) in [6.45, 7) is 1.92. The molecule has 0 saturated carbocycles. The standard InChI is InChI=1S/C19H26N4O2.HI/c1-23(2)12-13-25-17-10-6-4-8-15(17)14-21-19(20)22-16-9-5-7-11-18(16)24-3;/h4-11H,12-14H2,1-3H3,(H3,20,21,22);1H. The number of benzene rings is 2. The molecule has 2 aromatic carbocycles. The molecule has 0 aliphatic rings. The fraction of sp³-hybridized carbons (Fsp3) is 0.316. The Hall–Kier alpha value is -2.00. The van der Waals surface area contributed by atoms with E-state index in [1.165, 1.54) is 0 Å². The second-order valence-corrected chi connectivity index (χ2v) is 5.79. The molecule has 0 radical (unpaired) electrons. The molecule has 2 rings (SSSR count). The van der Waals surface area contributed by atoms with Crippen LogP contribution < -0.4 is 20.5 Å². The lowest BCUT2D eigenvalue weighted by atomic mass is 10.2. The molecular weight excluding hydrogens is 443 g/mol. The number of hydrogen-bond acceptors (Lipinski definition) is 4. The Morgan fingerprint density at radius 1 is 1.08 bits per heavy atom. The number of anilines is 1. The monoisotopic (exact) mass is 470 g/mol. The zero-order valence-corrected chi connectivity index (χ0v) is 17.8. The van der Waals surface area contributed by atoms with Gasteiger partial charge in [-0.1, -0.05) is 30.3 Å². The van der Waals surface area contributed by atoms with E-state index < -0.39 is 0 Å². The lowest BCUT2D eigenvalue weighted by Gasteiger charge is -2.13. The first-order chi connectivity index (χ1) is 12.1. The SMILES string of the molecule is COc1ccccc1NC(N)=NCc1ccccc1OCCN(C)C.I. The molecule has 0 aliphatic carbocycles. The largest absolute Gasteiger partial charge is 0.495 e. The summed E-state index contributed by atoms with van der Waals surface area (Å²) in [5.74, 6) is 1.87. The van der Waals surface area contributed by atoms with Crippen LogP contribution in [0.15, 0.2) is 53.5 Å². The maximum absolute atomic E-state index is 6.00. The third-order valence-electron chi connectivity index (χ3n) is 3.56. The topological polar surface area (TPSA) is 72.1 Å². The molecule has 3 N–H and O–H groups in total. The van der Waals surface area contributed by atoms with Crippen molar-refractivity contribution in [2.24, 2.45) is 10.7 Å². The smallest absolute Gasteiger partial charge is 0.193 e. The number of para-hydroxylation sites is 3. The number of rotatable bonds is 8. The summed E-state index contributed by atoms with van der Waals surface area (Å²) in [6, 6.07) is 15.4. The molecule has 0 atom stereocenters. The second kappa shape index (κ2) is 11.6. The zero-order chi connectivity index (χ0) is 18.1. The summed E-state index contributed by atoms with van der Waals surface area (Å²) in [7, 11) is 5.66. The molecule has 142 valence electrons. The Bertz CT molecular complexity index is 707. The number of nitrogens with zero attached hydrogens (tertiary/aromatic N) is 2. The van der Waals surface area contributed by atoms with Crippen molar-refractivity contribution >= 4 is 35.6 Å². The molecule has 26 heavy (non-hydrogen) atoms. The third kappa shape index (κ3) is 7.09. The number of ether oxygens (including phenoxy) is 2. The van der Waals surface area contributed by atoms with Crippen LogP contribution >= 0.6 is 24.0 Å². The summed E-state index contributed by atoms with van der Waals surface area (Å²) in [4.78, 5) is 6.49. The number of nitrogens with two attached hydrogens (primary N) is 1. The minimum absolute atomic E-state index is 0. The Morgan fingerprint density at radius 3 is 2.42 bits per heavy atom. The number of likely N-dealkylation sites (N-methyl/N-ethyl adjacent to an activating group) is 1. The van der Waals surface area contributed by atoms with Crippen molar-refractivity contribution in [3.05, 3.63) is 54.1 Å². The predicted molar refractivity (Wildman–Crippen MR) is 118 cm³/mol. The van der Waals surface area contributed by atoms with Crippen molar-refractivity contribution < 1.29 is 9.47 Å². The molecule has 7 heteroatoms. The maximum Gasteiger partial charge on any atom is 0.193 e. The molecule has 0 amide bonds. The van der Waals surface area contributed by atoms with Crippen LogP contribution in [0.3, 0.4) is 0 Å². The Kier molecular flexibility index (Phi) is 9.82. The molecule has 0 spiro atoms. The first-order valence-corrected chi connectivity index (χ1v) is 8.15. The highest BCUT2D eigenvalue weighted by atomic mass is 127. The lowest BCUT2D eigenvalue weighted by molar-refractivity contribution is 0.259. The molecule has 0 bridgehead atoms. The van der Waals surface area contributed by atoms with Gasteiger partial charge in [-0.15, -0.1) is 24.0 Å². The van der Waals surface area contributed by atoms with Gasteiger partial charge in [0.15, 0.2) is 5.96 Å². The first-order valence-electron chi connectivity index (χ1n) is 8.15. The molecule has 0 unspecified atom stereocenters. The van der Waals surface area contributed by atoms with Gasteiger partial charge in [0.2, 0.25) is 0 Å². The van der Waals surface area contributed by atoms with E-state index in [0.717, 1.165) is 23.5 Å².